The number of nitrogens with zero attached hydrogens (tertiary/aromatic N) is 5. The van der Waals surface area contributed by atoms with Gasteiger partial charge in [0.15, 0.2) is 0 Å². The van der Waals surface area contributed by atoms with E-state index in [4.69, 9.17) is 0 Å². The monoisotopic (exact) mass is 756 g/mol. The van der Waals surface area contributed by atoms with Crippen LogP contribution in [-0.2, 0) is 0 Å². The van der Waals surface area contributed by atoms with Crippen molar-refractivity contribution in [1.82, 2.24) is 24.5 Å². The van der Waals surface area contributed by atoms with Gasteiger partial charge in [-0.2, -0.15) is 0 Å². The molecule has 52 heavy (non-hydrogen) atoms. The Balaban J connectivity index is -0.0000000412. The van der Waals surface area contributed by atoms with Gasteiger partial charge in [-0.3, -0.25) is 0 Å². The Hall–Kier alpha value is -0.200. The Morgan fingerprint density at radius 2 is 0.250 bits per heavy atom. The van der Waals surface area contributed by atoms with Crippen LogP contribution in [0.15, 0.2) is 0 Å². The van der Waals surface area contributed by atoms with E-state index in [0.29, 0.717) is 0 Å². The zero-order chi connectivity index (χ0) is 36.3. The highest BCUT2D eigenvalue weighted by atomic mass is 15.1. The zero-order valence-electron chi connectivity index (χ0n) is 35.6. The largest absolute Gasteiger partial charge is 0.306 e. The quantitative estimate of drug-likeness (QED) is 0.244. The topological polar surface area (TPSA) is 16.2 Å². The van der Waals surface area contributed by atoms with Crippen LogP contribution in [0.4, 0.5) is 0 Å². The summed E-state index contributed by atoms with van der Waals surface area (Å²) >= 11 is 0. The van der Waals surface area contributed by atoms with E-state index in [1.165, 1.54) is 168 Å². The summed E-state index contributed by atoms with van der Waals surface area (Å²) in [5, 5.41) is 0. The maximum Gasteiger partial charge on any atom is -0.00213 e. The number of rotatable bonds is 0. The van der Waals surface area contributed by atoms with Gasteiger partial charge in [0.25, 0.3) is 0 Å². The van der Waals surface area contributed by atoms with E-state index in [0.717, 1.165) is 0 Å². The summed E-state index contributed by atoms with van der Waals surface area (Å²) in [6, 6.07) is 0. The summed E-state index contributed by atoms with van der Waals surface area (Å²) in [6.07, 6.45) is 22.8. The van der Waals surface area contributed by atoms with Gasteiger partial charge in [-0.25, -0.2) is 0 Å². The Labute approximate surface area is 340 Å². The molecule has 5 fully saturated rings. The van der Waals surface area contributed by atoms with Crippen LogP contribution in [0, 0.1) is 0 Å². The molecule has 5 heterocycles. The van der Waals surface area contributed by atoms with Crippen LogP contribution in [0.5, 0.6) is 0 Å². The van der Waals surface area contributed by atoms with Gasteiger partial charge in [-0.05, 0) is 165 Å². The number of piperidine rings is 2. The molecule has 0 aliphatic carbocycles. The summed E-state index contributed by atoms with van der Waals surface area (Å²) in [6.45, 7) is 33.2. The van der Waals surface area contributed by atoms with Gasteiger partial charge in [0.2, 0.25) is 0 Å². The number of hydrogen-bond acceptors (Lipinski definition) is 5. The average molecular weight is 757 g/mol. The van der Waals surface area contributed by atoms with Gasteiger partial charge in [-0.1, -0.05) is 152 Å². The van der Waals surface area contributed by atoms with Crippen LogP contribution in [0.25, 0.3) is 0 Å². The molecule has 0 saturated carbocycles. The van der Waals surface area contributed by atoms with Crippen molar-refractivity contribution in [2.24, 2.45) is 0 Å². The molecule has 0 spiro atoms. The minimum absolute atomic E-state index is 0. The van der Waals surface area contributed by atoms with Crippen LogP contribution in [0.2, 0.25) is 0 Å². The molecule has 0 aromatic rings. The molecule has 5 saturated heterocycles. The average Bonchev–Trinajstić information content (AvgIpc) is 3.31. The van der Waals surface area contributed by atoms with E-state index in [2.05, 4.69) is 59.7 Å². The molecule has 0 bridgehead atoms. The van der Waals surface area contributed by atoms with Gasteiger partial charge < -0.3 is 24.5 Å². The maximum atomic E-state index is 2.42. The molecular formula is C47H121N5. The van der Waals surface area contributed by atoms with Gasteiger partial charge >= 0.3 is 0 Å². The molecule has 0 N–H and O–H groups in total. The third kappa shape index (κ3) is 71.2. The molecule has 5 aliphatic heterocycles. The normalized spacial score (nSPS) is 18.1. The van der Waals surface area contributed by atoms with Gasteiger partial charge in [-0.15, -0.1) is 0 Å². The lowest BCUT2D eigenvalue weighted by Gasteiger charge is -2.20. The van der Waals surface area contributed by atoms with Crippen LogP contribution >= 0.6 is 0 Å². The first-order valence-electron chi connectivity index (χ1n) is 20.9. The first-order valence-corrected chi connectivity index (χ1v) is 20.9. The van der Waals surface area contributed by atoms with Crippen molar-refractivity contribution in [3.05, 3.63) is 0 Å². The standard InChI is InChI=1S/2C7H15N.2C6H13N.C5H11N.5C2H6.6CH4/c2*1-8-6-4-2-3-5-7-8;2*1-7-5-3-2-4-6-7;1-6-4-2-3-5-6;5*1-2;;;;;;/h2*2-7H2,1H3;2*2-6H2,1H3;2-5H2,1H3;5*1-2H3;6*1H4. The molecule has 334 valence electrons. The van der Waals surface area contributed by atoms with E-state index in [9.17, 15) is 0 Å². The first-order chi connectivity index (χ1) is 22.5. The van der Waals surface area contributed by atoms with Crippen molar-refractivity contribution in [2.45, 2.75) is 217 Å². The molecule has 5 nitrogen and oxygen atoms in total. The Kier molecular flexibility index (Phi) is 117. The van der Waals surface area contributed by atoms with Crippen molar-refractivity contribution in [2.75, 3.05) is 101 Å². The Morgan fingerprint density at radius 1 is 0.173 bits per heavy atom. The van der Waals surface area contributed by atoms with Crippen LogP contribution < -0.4 is 0 Å². The molecular weight excluding hydrogens is 635 g/mol. The van der Waals surface area contributed by atoms with Crippen molar-refractivity contribution in [3.8, 4) is 0 Å². The second-order valence-corrected chi connectivity index (χ2v) is 12.2. The molecule has 0 atom stereocenters. The highest BCUT2D eigenvalue weighted by Crippen LogP contribution is 2.08. The molecule has 0 unspecified atom stereocenters. The summed E-state index contributed by atoms with van der Waals surface area (Å²) in [5.41, 5.74) is 0. The third-order valence-electron chi connectivity index (χ3n) is 8.15. The molecule has 5 aliphatic rings. The van der Waals surface area contributed by atoms with E-state index in [-0.39, 0.29) is 44.6 Å². The fourth-order valence-corrected chi connectivity index (χ4v) is 5.44. The third-order valence-corrected chi connectivity index (χ3v) is 8.15. The molecule has 0 amide bonds. The van der Waals surface area contributed by atoms with E-state index < -0.39 is 0 Å². The Bertz CT molecular complexity index is 395. The predicted molar refractivity (Wildman–Crippen MR) is 258 cm³/mol. The fraction of sp³-hybridized carbons (Fsp3) is 1.00. The van der Waals surface area contributed by atoms with Crippen LogP contribution in [0.1, 0.15) is 217 Å². The van der Waals surface area contributed by atoms with E-state index in [1.54, 1.807) is 0 Å². The van der Waals surface area contributed by atoms with Crippen molar-refractivity contribution in [3.63, 3.8) is 0 Å². The Morgan fingerprint density at radius 3 is 0.346 bits per heavy atom. The smallest absolute Gasteiger partial charge is 0.00213 e. The second-order valence-electron chi connectivity index (χ2n) is 12.2. The van der Waals surface area contributed by atoms with Crippen LogP contribution in [-0.4, -0.2) is 125 Å². The molecule has 0 radical (unpaired) electrons. The summed E-state index contributed by atoms with van der Waals surface area (Å²) < 4.78 is 0. The SMILES string of the molecule is C.C.C.C.C.C.CC.CC.CC.CC.CC.CN1CCCC1.CN1CCCCC1.CN1CCCCC1.CN1CCCCCC1.CN1CCCCCC1. The van der Waals surface area contributed by atoms with Crippen molar-refractivity contribution >= 4 is 0 Å². The lowest BCUT2D eigenvalue weighted by molar-refractivity contribution is 0.277. The molecule has 0 aromatic carbocycles. The zero-order valence-corrected chi connectivity index (χ0v) is 35.6. The van der Waals surface area contributed by atoms with Gasteiger partial charge in [0.05, 0.1) is 0 Å². The highest BCUT2D eigenvalue weighted by Gasteiger charge is 2.05. The fourth-order valence-electron chi connectivity index (χ4n) is 5.44. The van der Waals surface area contributed by atoms with Crippen molar-refractivity contribution < 1.29 is 0 Å². The summed E-state index contributed by atoms with van der Waals surface area (Å²) in [7, 11) is 11.0. The predicted octanol–water partition coefficient (Wildman–Crippen LogP) is 14.8. The van der Waals surface area contributed by atoms with E-state index >= 15 is 0 Å². The first kappa shape index (κ1) is 80.3. The molecule has 5 rings (SSSR count). The van der Waals surface area contributed by atoms with Crippen molar-refractivity contribution in [1.29, 1.82) is 0 Å². The summed E-state index contributed by atoms with van der Waals surface area (Å²) in [5.74, 6) is 0. The number of hydrogen-bond donors (Lipinski definition) is 0. The lowest BCUT2D eigenvalue weighted by Crippen LogP contribution is -2.24. The second kappa shape index (κ2) is 75.7. The molecule has 5 heteroatoms. The summed E-state index contributed by atoms with van der Waals surface area (Å²) in [4.78, 5) is 12.0. The number of likely N-dealkylation sites (tertiary alicyclic amines) is 5. The highest BCUT2D eigenvalue weighted by molar-refractivity contribution is 4.61. The lowest BCUT2D eigenvalue weighted by atomic mass is 10.1. The van der Waals surface area contributed by atoms with Gasteiger partial charge in [0.1, 0.15) is 0 Å². The van der Waals surface area contributed by atoms with E-state index in [1.807, 2.05) is 69.2 Å². The van der Waals surface area contributed by atoms with Crippen LogP contribution in [0.3, 0.4) is 0 Å². The minimum Gasteiger partial charge on any atom is -0.306 e. The minimum atomic E-state index is 0. The molecule has 0 aromatic heterocycles. The maximum absolute atomic E-state index is 2.42. The van der Waals surface area contributed by atoms with Gasteiger partial charge in [0, 0.05) is 0 Å².